The minimum Gasteiger partial charge on any atom is -0.496 e. The number of ether oxygens (including phenoxy) is 1. The lowest BCUT2D eigenvalue weighted by Gasteiger charge is -2.04. The van der Waals surface area contributed by atoms with E-state index in [9.17, 15) is 0 Å². The molecule has 0 saturated carbocycles. The zero-order chi connectivity index (χ0) is 11.0. The topological polar surface area (TPSA) is 39.1 Å². The molecule has 1 aromatic heterocycles. The lowest BCUT2D eigenvalue weighted by Crippen LogP contribution is -1.97. The molecule has 0 fully saturated rings. The van der Waals surface area contributed by atoms with Crippen molar-refractivity contribution in [2.75, 3.05) is 19.0 Å². The number of methoxy groups -OCH3 is 1. The molecule has 0 bridgehead atoms. The van der Waals surface area contributed by atoms with Crippen molar-refractivity contribution in [3.05, 3.63) is 30.3 Å². The molecule has 0 spiro atoms. The van der Waals surface area contributed by atoms with Crippen LogP contribution in [0.15, 0.2) is 30.3 Å². The van der Waals surface area contributed by atoms with E-state index in [1.807, 2.05) is 28.9 Å². The molecule has 2 aromatic rings. The zero-order valence-electron chi connectivity index (χ0n) is 9.10. The molecule has 3 rings (SSSR count). The highest BCUT2D eigenvalue weighted by atomic mass is 16.5. The highest BCUT2D eigenvalue weighted by Gasteiger charge is 2.15. The summed E-state index contributed by atoms with van der Waals surface area (Å²) in [4.78, 5) is 0. The molecular weight excluding hydrogens is 202 g/mol. The Bertz CT molecular complexity index is 497. The number of hydrogen-bond acceptors (Lipinski definition) is 3. The minimum absolute atomic E-state index is 0.860. The first kappa shape index (κ1) is 9.27. The third-order valence-electron chi connectivity index (χ3n) is 2.79. The van der Waals surface area contributed by atoms with Crippen LogP contribution in [-0.4, -0.2) is 23.4 Å². The number of benzene rings is 1. The number of anilines is 1. The van der Waals surface area contributed by atoms with Crippen molar-refractivity contribution in [1.29, 1.82) is 0 Å². The summed E-state index contributed by atoms with van der Waals surface area (Å²) in [5, 5.41) is 7.83. The first-order valence-electron chi connectivity index (χ1n) is 5.33. The minimum atomic E-state index is 0.860. The van der Waals surface area contributed by atoms with Crippen molar-refractivity contribution in [3.8, 4) is 17.0 Å². The maximum Gasteiger partial charge on any atom is 0.128 e. The summed E-state index contributed by atoms with van der Waals surface area (Å²) in [6.07, 6.45) is 0. The van der Waals surface area contributed by atoms with Gasteiger partial charge >= 0.3 is 0 Å². The van der Waals surface area contributed by atoms with E-state index in [1.54, 1.807) is 7.11 Å². The van der Waals surface area contributed by atoms with E-state index in [-0.39, 0.29) is 0 Å². The summed E-state index contributed by atoms with van der Waals surface area (Å²) in [7, 11) is 1.68. The maximum absolute atomic E-state index is 5.33. The van der Waals surface area contributed by atoms with Gasteiger partial charge in [0.05, 0.1) is 19.3 Å². The fourth-order valence-electron chi connectivity index (χ4n) is 2.01. The van der Waals surface area contributed by atoms with Crippen LogP contribution in [0.5, 0.6) is 5.75 Å². The van der Waals surface area contributed by atoms with Gasteiger partial charge in [-0.1, -0.05) is 12.1 Å². The van der Waals surface area contributed by atoms with E-state index in [0.29, 0.717) is 0 Å². The predicted octanol–water partition coefficient (Wildman–Crippen LogP) is 1.98. The van der Waals surface area contributed by atoms with Crippen LogP contribution < -0.4 is 10.1 Å². The lowest BCUT2D eigenvalue weighted by molar-refractivity contribution is 0.416. The highest BCUT2D eigenvalue weighted by molar-refractivity contribution is 5.69. The SMILES string of the molecule is COc1ccccc1-c1cc2n(n1)CCN2. The van der Waals surface area contributed by atoms with Gasteiger partial charge in [0.25, 0.3) is 0 Å². The number of hydrogen-bond donors (Lipinski definition) is 1. The van der Waals surface area contributed by atoms with Crippen LogP contribution in [0.4, 0.5) is 5.82 Å². The van der Waals surface area contributed by atoms with Crippen LogP contribution in [0.1, 0.15) is 0 Å². The quantitative estimate of drug-likeness (QED) is 0.832. The van der Waals surface area contributed by atoms with Gasteiger partial charge in [0, 0.05) is 18.2 Å². The van der Waals surface area contributed by atoms with Crippen LogP contribution >= 0.6 is 0 Å². The van der Waals surface area contributed by atoms with Crippen molar-refractivity contribution < 1.29 is 4.74 Å². The van der Waals surface area contributed by atoms with Gasteiger partial charge in [0.1, 0.15) is 11.6 Å². The molecule has 0 amide bonds. The Morgan fingerprint density at radius 3 is 3.06 bits per heavy atom. The van der Waals surface area contributed by atoms with Gasteiger partial charge < -0.3 is 10.1 Å². The monoisotopic (exact) mass is 215 g/mol. The molecule has 0 aliphatic carbocycles. The molecule has 4 heteroatoms. The summed E-state index contributed by atoms with van der Waals surface area (Å²) in [6, 6.07) is 10.00. The first-order chi connectivity index (χ1) is 7.88. The molecule has 1 aliphatic rings. The third-order valence-corrected chi connectivity index (χ3v) is 2.79. The van der Waals surface area contributed by atoms with E-state index < -0.39 is 0 Å². The summed E-state index contributed by atoms with van der Waals surface area (Å²) >= 11 is 0. The molecule has 0 saturated heterocycles. The van der Waals surface area contributed by atoms with E-state index in [2.05, 4.69) is 16.5 Å². The van der Waals surface area contributed by atoms with Crippen molar-refractivity contribution in [2.45, 2.75) is 6.54 Å². The molecule has 0 atom stereocenters. The molecule has 1 aromatic carbocycles. The largest absolute Gasteiger partial charge is 0.496 e. The molecule has 82 valence electrons. The lowest BCUT2D eigenvalue weighted by atomic mass is 10.1. The normalized spacial score (nSPS) is 13.3. The average molecular weight is 215 g/mol. The van der Waals surface area contributed by atoms with Crippen LogP contribution in [0.2, 0.25) is 0 Å². The summed E-state index contributed by atoms with van der Waals surface area (Å²) in [5.74, 6) is 1.94. The highest BCUT2D eigenvalue weighted by Crippen LogP contribution is 2.31. The number of para-hydroxylation sites is 1. The third kappa shape index (κ3) is 1.34. The summed E-state index contributed by atoms with van der Waals surface area (Å²) < 4.78 is 7.32. The Hall–Kier alpha value is -1.97. The van der Waals surface area contributed by atoms with Crippen LogP contribution in [-0.2, 0) is 6.54 Å². The fourth-order valence-corrected chi connectivity index (χ4v) is 2.01. The van der Waals surface area contributed by atoms with E-state index in [0.717, 1.165) is 35.9 Å². The van der Waals surface area contributed by atoms with Gasteiger partial charge in [-0.3, -0.25) is 0 Å². The molecule has 1 aliphatic heterocycles. The van der Waals surface area contributed by atoms with Crippen molar-refractivity contribution in [3.63, 3.8) is 0 Å². The van der Waals surface area contributed by atoms with E-state index in [4.69, 9.17) is 4.74 Å². The number of aromatic nitrogens is 2. The van der Waals surface area contributed by atoms with Gasteiger partial charge in [-0.25, -0.2) is 4.68 Å². The van der Waals surface area contributed by atoms with E-state index >= 15 is 0 Å². The van der Waals surface area contributed by atoms with Gasteiger partial charge in [-0.2, -0.15) is 5.10 Å². The summed E-state index contributed by atoms with van der Waals surface area (Å²) in [5.41, 5.74) is 1.99. The smallest absolute Gasteiger partial charge is 0.128 e. The van der Waals surface area contributed by atoms with Crippen molar-refractivity contribution in [2.24, 2.45) is 0 Å². The Morgan fingerprint density at radius 1 is 1.38 bits per heavy atom. The second-order valence-electron chi connectivity index (χ2n) is 3.77. The molecule has 0 unspecified atom stereocenters. The van der Waals surface area contributed by atoms with Crippen LogP contribution in [0, 0.1) is 0 Å². The number of fused-ring (bicyclic) bond motifs is 1. The molecular formula is C12H13N3O. The number of nitrogens with zero attached hydrogens (tertiary/aromatic N) is 2. The molecule has 1 N–H and O–H groups in total. The average Bonchev–Trinajstić information content (AvgIpc) is 2.89. The molecule has 2 heterocycles. The Labute approximate surface area is 93.8 Å². The number of nitrogens with one attached hydrogen (secondary N) is 1. The van der Waals surface area contributed by atoms with E-state index in [1.165, 1.54) is 0 Å². The molecule has 0 radical (unpaired) electrons. The first-order valence-corrected chi connectivity index (χ1v) is 5.33. The fraction of sp³-hybridized carbons (Fsp3) is 0.250. The van der Waals surface area contributed by atoms with Crippen molar-refractivity contribution in [1.82, 2.24) is 9.78 Å². The Morgan fingerprint density at radius 2 is 2.25 bits per heavy atom. The zero-order valence-corrected chi connectivity index (χ0v) is 9.10. The standard InChI is InChI=1S/C12H13N3O/c1-16-11-5-3-2-4-9(11)10-8-12-13-6-7-15(12)14-10/h2-5,8,13H,6-7H2,1H3. The predicted molar refractivity (Wildman–Crippen MR) is 62.7 cm³/mol. The van der Waals surface area contributed by atoms with Crippen LogP contribution in [0.3, 0.4) is 0 Å². The number of rotatable bonds is 2. The summed E-state index contributed by atoms with van der Waals surface area (Å²) in [6.45, 7) is 1.90. The Kier molecular flexibility index (Phi) is 2.06. The van der Waals surface area contributed by atoms with Crippen molar-refractivity contribution >= 4 is 5.82 Å². The van der Waals surface area contributed by atoms with Gasteiger partial charge in [-0.15, -0.1) is 0 Å². The van der Waals surface area contributed by atoms with Gasteiger partial charge in [0.2, 0.25) is 0 Å². The van der Waals surface area contributed by atoms with Gasteiger partial charge in [0.15, 0.2) is 0 Å². The molecule has 4 nitrogen and oxygen atoms in total. The maximum atomic E-state index is 5.33. The second-order valence-corrected chi connectivity index (χ2v) is 3.77. The Balaban J connectivity index is 2.08. The second kappa shape index (κ2) is 3.56. The van der Waals surface area contributed by atoms with Gasteiger partial charge in [-0.05, 0) is 12.1 Å². The van der Waals surface area contributed by atoms with Crippen LogP contribution in [0.25, 0.3) is 11.3 Å². The molecule has 16 heavy (non-hydrogen) atoms.